The van der Waals surface area contributed by atoms with Crippen LogP contribution < -0.4 is 4.90 Å². The largest absolute Gasteiger partial charge is 0.381 e. The summed E-state index contributed by atoms with van der Waals surface area (Å²) < 4.78 is 7.69. The maximum atomic E-state index is 6.08. The number of hydrogen-bond donors (Lipinski definition) is 0. The summed E-state index contributed by atoms with van der Waals surface area (Å²) in [7, 11) is 2.19. The minimum absolute atomic E-state index is 0.443. The van der Waals surface area contributed by atoms with E-state index in [1.807, 2.05) is 12.1 Å². The molecule has 1 aromatic carbocycles. The number of aryl methyl sites for hydroxylation is 2. The third kappa shape index (κ3) is 5.09. The Labute approximate surface area is 207 Å². The van der Waals surface area contributed by atoms with E-state index in [9.17, 15) is 0 Å². The first-order valence-corrected chi connectivity index (χ1v) is 13.0. The Morgan fingerprint density at radius 3 is 2.65 bits per heavy atom. The monoisotopic (exact) mass is 481 g/mol. The molecule has 0 amide bonds. The Morgan fingerprint density at radius 1 is 1.12 bits per heavy atom. The maximum Gasteiger partial charge on any atom is 0.179 e. The Hall–Kier alpha value is -2.15. The summed E-state index contributed by atoms with van der Waals surface area (Å²) in [5, 5.41) is 5.81. The first kappa shape index (κ1) is 23.6. The van der Waals surface area contributed by atoms with Gasteiger partial charge in [-0.05, 0) is 75.8 Å². The van der Waals surface area contributed by atoms with Crippen LogP contribution in [0.4, 0.5) is 5.69 Å². The van der Waals surface area contributed by atoms with E-state index in [1.54, 1.807) is 0 Å². The van der Waals surface area contributed by atoms with Gasteiger partial charge >= 0.3 is 0 Å². The van der Waals surface area contributed by atoms with Crippen LogP contribution in [0.1, 0.15) is 54.2 Å². The van der Waals surface area contributed by atoms with Gasteiger partial charge in [-0.3, -0.25) is 4.90 Å². The highest BCUT2D eigenvalue weighted by Gasteiger charge is 2.27. The molecule has 6 nitrogen and oxygen atoms in total. The zero-order valence-electron chi connectivity index (χ0n) is 20.6. The second kappa shape index (κ2) is 10.2. The number of benzene rings is 1. The third-order valence-corrected chi connectivity index (χ3v) is 7.64. The van der Waals surface area contributed by atoms with Crippen LogP contribution in [0.3, 0.4) is 0 Å². The zero-order chi connectivity index (χ0) is 23.7. The molecule has 3 aromatic rings. The lowest BCUT2D eigenvalue weighted by Crippen LogP contribution is -2.34. The van der Waals surface area contributed by atoms with E-state index in [1.165, 1.54) is 29.8 Å². The number of piperidine rings is 1. The van der Waals surface area contributed by atoms with Crippen molar-refractivity contribution in [2.45, 2.75) is 52.0 Å². The van der Waals surface area contributed by atoms with Gasteiger partial charge in [0, 0.05) is 56.5 Å². The van der Waals surface area contributed by atoms with Crippen molar-refractivity contribution in [1.82, 2.24) is 19.5 Å². The van der Waals surface area contributed by atoms with E-state index >= 15 is 0 Å². The SMILES string of the molecule is Cc1cc(C2CCCN(Cc3ccc(Cl)cc3)C2)n2nc(C)c(N(C)CC3CCOCC3)c2n1. The molecule has 7 heteroatoms. The first-order chi connectivity index (χ1) is 16.5. The molecule has 34 heavy (non-hydrogen) atoms. The minimum Gasteiger partial charge on any atom is -0.381 e. The average Bonchev–Trinajstić information content (AvgIpc) is 3.16. The molecule has 0 N–H and O–H groups in total. The fraction of sp³-hybridized carbons (Fsp3) is 0.556. The van der Waals surface area contributed by atoms with Crippen LogP contribution in [0.2, 0.25) is 5.02 Å². The van der Waals surface area contributed by atoms with Crippen molar-refractivity contribution in [3.8, 4) is 0 Å². The molecule has 182 valence electrons. The van der Waals surface area contributed by atoms with Crippen molar-refractivity contribution >= 4 is 22.9 Å². The van der Waals surface area contributed by atoms with Crippen LogP contribution in [0.15, 0.2) is 30.3 Å². The van der Waals surface area contributed by atoms with Gasteiger partial charge < -0.3 is 9.64 Å². The lowest BCUT2D eigenvalue weighted by Gasteiger charge is -2.33. The molecule has 2 aromatic heterocycles. The van der Waals surface area contributed by atoms with E-state index < -0.39 is 0 Å². The third-order valence-electron chi connectivity index (χ3n) is 7.39. The van der Waals surface area contributed by atoms with Crippen molar-refractivity contribution in [1.29, 1.82) is 0 Å². The van der Waals surface area contributed by atoms with Crippen LogP contribution in [0.25, 0.3) is 5.65 Å². The van der Waals surface area contributed by atoms with Gasteiger partial charge in [-0.25, -0.2) is 9.50 Å². The Morgan fingerprint density at radius 2 is 1.88 bits per heavy atom. The summed E-state index contributed by atoms with van der Waals surface area (Å²) in [4.78, 5) is 9.90. The number of aromatic nitrogens is 3. The normalized spacial score (nSPS) is 20.2. The molecule has 0 bridgehead atoms. The molecular weight excluding hydrogens is 446 g/mol. The summed E-state index contributed by atoms with van der Waals surface area (Å²) in [6, 6.07) is 10.5. The molecule has 0 aliphatic carbocycles. The zero-order valence-corrected chi connectivity index (χ0v) is 21.4. The van der Waals surface area contributed by atoms with Crippen LogP contribution >= 0.6 is 11.6 Å². The van der Waals surface area contributed by atoms with Gasteiger partial charge in [0.15, 0.2) is 5.65 Å². The van der Waals surface area contributed by atoms with E-state index in [4.69, 9.17) is 26.4 Å². The second-order valence-corrected chi connectivity index (χ2v) is 10.6. The van der Waals surface area contributed by atoms with Crippen molar-refractivity contribution in [3.63, 3.8) is 0 Å². The fourth-order valence-corrected chi connectivity index (χ4v) is 5.82. The number of halogens is 1. The van der Waals surface area contributed by atoms with E-state index in [0.29, 0.717) is 11.8 Å². The number of likely N-dealkylation sites (tertiary alicyclic amines) is 1. The maximum absolute atomic E-state index is 6.08. The number of ether oxygens (including phenoxy) is 1. The van der Waals surface area contributed by atoms with Gasteiger partial charge in [0.05, 0.1) is 11.4 Å². The Kier molecular flexibility index (Phi) is 7.09. The smallest absolute Gasteiger partial charge is 0.179 e. The standard InChI is InChI=1S/C27H36ClN5O/c1-19-15-25(23-5-4-12-32(18-23)17-21-6-8-24(28)9-7-21)33-27(29-19)26(20(2)30-33)31(3)16-22-10-13-34-14-11-22/h6-9,15,22-23H,4-5,10-14,16-18H2,1-3H3. The van der Waals surface area contributed by atoms with Crippen LogP contribution in [-0.4, -0.2) is 59.4 Å². The number of fused-ring (bicyclic) bond motifs is 1. The molecule has 0 saturated carbocycles. The highest BCUT2D eigenvalue weighted by molar-refractivity contribution is 6.30. The molecule has 2 aliphatic rings. The van der Waals surface area contributed by atoms with Crippen molar-refractivity contribution in [2.24, 2.45) is 5.92 Å². The lowest BCUT2D eigenvalue weighted by atomic mass is 9.93. The summed E-state index contributed by atoms with van der Waals surface area (Å²) in [6.07, 6.45) is 4.64. The van der Waals surface area contributed by atoms with Crippen molar-refractivity contribution < 1.29 is 4.74 Å². The highest BCUT2D eigenvalue weighted by Crippen LogP contribution is 2.33. The molecule has 0 spiro atoms. The predicted molar refractivity (Wildman–Crippen MR) is 138 cm³/mol. The Bertz CT molecular complexity index is 1120. The number of hydrogen-bond acceptors (Lipinski definition) is 5. The summed E-state index contributed by atoms with van der Waals surface area (Å²) in [6.45, 7) is 10.1. The molecule has 5 rings (SSSR count). The van der Waals surface area contributed by atoms with Crippen molar-refractivity contribution in [3.05, 3.63) is 58.0 Å². The van der Waals surface area contributed by atoms with Gasteiger partial charge in [-0.2, -0.15) is 5.10 Å². The van der Waals surface area contributed by atoms with E-state index in [0.717, 1.165) is 74.3 Å². The molecule has 4 heterocycles. The van der Waals surface area contributed by atoms with Gasteiger partial charge in [0.2, 0.25) is 0 Å². The van der Waals surface area contributed by atoms with Crippen LogP contribution in [-0.2, 0) is 11.3 Å². The fourth-order valence-electron chi connectivity index (χ4n) is 5.70. The lowest BCUT2D eigenvalue weighted by molar-refractivity contribution is 0.0685. The predicted octanol–water partition coefficient (Wildman–Crippen LogP) is 5.24. The topological polar surface area (TPSA) is 45.9 Å². The molecule has 0 radical (unpaired) electrons. The second-order valence-electron chi connectivity index (χ2n) is 10.1. The quantitative estimate of drug-likeness (QED) is 0.481. The van der Waals surface area contributed by atoms with Crippen LogP contribution in [0, 0.1) is 19.8 Å². The number of anilines is 1. The summed E-state index contributed by atoms with van der Waals surface area (Å²) in [5.41, 5.74) is 6.90. The van der Waals surface area contributed by atoms with Gasteiger partial charge in [0.25, 0.3) is 0 Å². The molecule has 2 saturated heterocycles. The van der Waals surface area contributed by atoms with Crippen LogP contribution in [0.5, 0.6) is 0 Å². The highest BCUT2D eigenvalue weighted by atomic mass is 35.5. The minimum atomic E-state index is 0.443. The molecule has 2 aliphatic heterocycles. The van der Waals surface area contributed by atoms with E-state index in [-0.39, 0.29) is 0 Å². The van der Waals surface area contributed by atoms with Gasteiger partial charge in [0.1, 0.15) is 5.69 Å². The number of rotatable bonds is 6. The van der Waals surface area contributed by atoms with Crippen molar-refractivity contribution in [2.75, 3.05) is 44.8 Å². The molecule has 1 unspecified atom stereocenters. The van der Waals surface area contributed by atoms with Gasteiger partial charge in [-0.15, -0.1) is 0 Å². The molecule has 2 fully saturated rings. The molecular formula is C27H36ClN5O. The summed E-state index contributed by atoms with van der Waals surface area (Å²) >= 11 is 6.08. The Balaban J connectivity index is 1.39. The summed E-state index contributed by atoms with van der Waals surface area (Å²) in [5.74, 6) is 1.11. The first-order valence-electron chi connectivity index (χ1n) is 12.6. The van der Waals surface area contributed by atoms with E-state index in [2.05, 4.69) is 53.4 Å². The molecule has 1 atom stereocenters. The number of nitrogens with zero attached hydrogens (tertiary/aromatic N) is 5. The average molecular weight is 482 g/mol. The van der Waals surface area contributed by atoms with Gasteiger partial charge in [-0.1, -0.05) is 23.7 Å².